The van der Waals surface area contributed by atoms with Crippen molar-refractivity contribution in [1.82, 2.24) is 10.2 Å². The van der Waals surface area contributed by atoms with Crippen LogP contribution in [0.2, 0.25) is 0 Å². The molecule has 1 atom stereocenters. The van der Waals surface area contributed by atoms with Crippen molar-refractivity contribution in [3.8, 4) is 5.75 Å². The van der Waals surface area contributed by atoms with Crippen LogP contribution in [0.4, 0.5) is 0 Å². The predicted octanol–water partition coefficient (Wildman–Crippen LogP) is 2.76. The number of nitrogens with zero attached hydrogens (tertiary/aromatic N) is 1. The number of carbonyl (C=O) groups is 2. The number of methoxy groups -OCH3 is 1. The van der Waals surface area contributed by atoms with Crippen LogP contribution in [0, 0.1) is 0 Å². The second kappa shape index (κ2) is 8.02. The van der Waals surface area contributed by atoms with Gasteiger partial charge in [-0.05, 0) is 42.2 Å². The molecule has 0 aliphatic carbocycles. The number of nitrogens with one attached hydrogen (secondary N) is 1. The second-order valence-corrected chi connectivity index (χ2v) is 7.19. The largest absolute Gasteiger partial charge is 0.497 e. The van der Waals surface area contributed by atoms with Crippen LogP contribution >= 0.6 is 0 Å². The number of amides is 2. The molecule has 0 spiro atoms. The van der Waals surface area contributed by atoms with Crippen molar-refractivity contribution in [1.29, 1.82) is 0 Å². The SMILES string of the molecule is COc1ccc(CNC(=O)c2cccc3c2C(=O)N(C[C@@H]2CCCO2)C3)cc1. The average molecular weight is 380 g/mol. The number of ether oxygens (including phenoxy) is 2. The summed E-state index contributed by atoms with van der Waals surface area (Å²) in [5, 5.41) is 2.92. The first kappa shape index (κ1) is 18.5. The Balaban J connectivity index is 1.45. The van der Waals surface area contributed by atoms with E-state index in [0.29, 0.717) is 30.8 Å². The molecule has 2 heterocycles. The van der Waals surface area contributed by atoms with E-state index in [-0.39, 0.29) is 17.9 Å². The minimum absolute atomic E-state index is 0.0827. The first-order valence-corrected chi connectivity index (χ1v) is 9.59. The van der Waals surface area contributed by atoms with Crippen molar-refractivity contribution in [2.45, 2.75) is 32.0 Å². The Labute approximate surface area is 164 Å². The molecular weight excluding hydrogens is 356 g/mol. The third kappa shape index (κ3) is 3.73. The fourth-order valence-electron chi connectivity index (χ4n) is 3.81. The number of carbonyl (C=O) groups excluding carboxylic acids is 2. The summed E-state index contributed by atoms with van der Waals surface area (Å²) in [6.45, 7) is 2.27. The summed E-state index contributed by atoms with van der Waals surface area (Å²) in [5.41, 5.74) is 2.83. The summed E-state index contributed by atoms with van der Waals surface area (Å²) >= 11 is 0. The van der Waals surface area contributed by atoms with Gasteiger partial charge in [-0.15, -0.1) is 0 Å². The highest BCUT2D eigenvalue weighted by molar-refractivity contribution is 6.09. The molecule has 4 rings (SSSR count). The first-order chi connectivity index (χ1) is 13.7. The maximum absolute atomic E-state index is 12.9. The predicted molar refractivity (Wildman–Crippen MR) is 104 cm³/mol. The van der Waals surface area contributed by atoms with Crippen LogP contribution in [0.15, 0.2) is 42.5 Å². The number of benzene rings is 2. The van der Waals surface area contributed by atoms with Crippen LogP contribution in [-0.2, 0) is 17.8 Å². The second-order valence-electron chi connectivity index (χ2n) is 7.19. The molecule has 2 aliphatic heterocycles. The molecular formula is C22H24N2O4. The molecule has 2 aromatic carbocycles. The van der Waals surface area contributed by atoms with Crippen LogP contribution in [0.25, 0.3) is 0 Å². The van der Waals surface area contributed by atoms with Gasteiger partial charge in [0, 0.05) is 26.2 Å². The van der Waals surface area contributed by atoms with Gasteiger partial charge in [0.2, 0.25) is 0 Å². The topological polar surface area (TPSA) is 67.9 Å². The van der Waals surface area contributed by atoms with Crippen molar-refractivity contribution in [2.24, 2.45) is 0 Å². The highest BCUT2D eigenvalue weighted by atomic mass is 16.5. The molecule has 6 heteroatoms. The number of rotatable bonds is 6. The Morgan fingerprint density at radius 2 is 2.07 bits per heavy atom. The molecule has 2 amide bonds. The zero-order valence-electron chi connectivity index (χ0n) is 15.9. The van der Waals surface area contributed by atoms with Gasteiger partial charge in [-0.25, -0.2) is 0 Å². The third-order valence-corrected chi connectivity index (χ3v) is 5.32. The van der Waals surface area contributed by atoms with E-state index in [4.69, 9.17) is 9.47 Å². The van der Waals surface area contributed by atoms with Gasteiger partial charge in [0.25, 0.3) is 11.8 Å². The number of hydrogen-bond acceptors (Lipinski definition) is 4. The van der Waals surface area contributed by atoms with Crippen molar-refractivity contribution in [3.05, 3.63) is 64.7 Å². The molecule has 2 aromatic rings. The lowest BCUT2D eigenvalue weighted by molar-refractivity contribution is 0.0544. The highest BCUT2D eigenvalue weighted by Crippen LogP contribution is 2.27. The van der Waals surface area contributed by atoms with Crippen LogP contribution in [0.1, 0.15) is 44.7 Å². The summed E-state index contributed by atoms with van der Waals surface area (Å²) in [6, 6.07) is 13.0. The standard InChI is InChI=1S/C22H24N2O4/c1-27-17-9-7-15(8-10-17)12-23-21(25)19-6-2-4-16-13-24(22(26)20(16)19)14-18-5-3-11-28-18/h2,4,6-10,18H,3,5,11-14H2,1H3,(H,23,25)/t18-/m0/s1. The Morgan fingerprint density at radius 1 is 1.25 bits per heavy atom. The monoisotopic (exact) mass is 380 g/mol. The van der Waals surface area contributed by atoms with Crippen molar-refractivity contribution in [3.63, 3.8) is 0 Å². The summed E-state index contributed by atoms with van der Waals surface area (Å²) in [6.07, 6.45) is 2.12. The molecule has 0 unspecified atom stereocenters. The van der Waals surface area contributed by atoms with Gasteiger partial charge in [0.05, 0.1) is 24.3 Å². The Morgan fingerprint density at radius 3 is 2.79 bits per heavy atom. The number of fused-ring (bicyclic) bond motifs is 1. The van der Waals surface area contributed by atoms with Gasteiger partial charge in [-0.2, -0.15) is 0 Å². The minimum atomic E-state index is -0.236. The van der Waals surface area contributed by atoms with E-state index in [9.17, 15) is 9.59 Å². The van der Waals surface area contributed by atoms with Gasteiger partial charge in [0.1, 0.15) is 5.75 Å². The zero-order chi connectivity index (χ0) is 19.5. The smallest absolute Gasteiger partial charge is 0.255 e. The van der Waals surface area contributed by atoms with Crippen molar-refractivity contribution < 1.29 is 19.1 Å². The molecule has 6 nitrogen and oxygen atoms in total. The van der Waals surface area contributed by atoms with E-state index in [0.717, 1.165) is 36.3 Å². The molecule has 146 valence electrons. The van der Waals surface area contributed by atoms with E-state index in [2.05, 4.69) is 5.32 Å². The quantitative estimate of drug-likeness (QED) is 0.837. The fraction of sp³-hybridized carbons (Fsp3) is 0.364. The lowest BCUT2D eigenvalue weighted by atomic mass is 10.0. The summed E-state index contributed by atoms with van der Waals surface area (Å²) < 4.78 is 10.8. The molecule has 0 radical (unpaired) electrons. The maximum Gasteiger partial charge on any atom is 0.255 e. The first-order valence-electron chi connectivity index (χ1n) is 9.59. The van der Waals surface area contributed by atoms with Gasteiger partial charge in [-0.3, -0.25) is 9.59 Å². The van der Waals surface area contributed by atoms with Gasteiger partial charge in [0.15, 0.2) is 0 Å². The summed E-state index contributed by atoms with van der Waals surface area (Å²) in [5.74, 6) is 0.452. The molecule has 0 bridgehead atoms. The molecule has 2 aliphatic rings. The van der Waals surface area contributed by atoms with Crippen molar-refractivity contribution in [2.75, 3.05) is 20.3 Å². The van der Waals surface area contributed by atoms with E-state index in [1.165, 1.54) is 0 Å². The third-order valence-electron chi connectivity index (χ3n) is 5.32. The highest BCUT2D eigenvalue weighted by Gasteiger charge is 2.33. The summed E-state index contributed by atoms with van der Waals surface area (Å²) in [4.78, 5) is 27.5. The molecule has 0 aromatic heterocycles. The minimum Gasteiger partial charge on any atom is -0.497 e. The normalized spacial score (nSPS) is 18.2. The van der Waals surface area contributed by atoms with Crippen LogP contribution in [0.5, 0.6) is 5.75 Å². The van der Waals surface area contributed by atoms with E-state index in [1.54, 1.807) is 18.1 Å². The lowest BCUT2D eigenvalue weighted by Gasteiger charge is -2.19. The van der Waals surface area contributed by atoms with Crippen LogP contribution < -0.4 is 10.1 Å². The van der Waals surface area contributed by atoms with E-state index < -0.39 is 0 Å². The molecule has 1 N–H and O–H groups in total. The fourth-order valence-corrected chi connectivity index (χ4v) is 3.81. The Kier molecular flexibility index (Phi) is 5.30. The summed E-state index contributed by atoms with van der Waals surface area (Å²) in [7, 11) is 1.62. The van der Waals surface area contributed by atoms with E-state index >= 15 is 0 Å². The van der Waals surface area contributed by atoms with Gasteiger partial charge >= 0.3 is 0 Å². The average Bonchev–Trinajstić information content (AvgIpc) is 3.35. The zero-order valence-corrected chi connectivity index (χ0v) is 15.9. The van der Waals surface area contributed by atoms with Gasteiger partial charge < -0.3 is 19.7 Å². The molecule has 1 fully saturated rings. The maximum atomic E-state index is 12.9. The molecule has 1 saturated heterocycles. The number of hydrogen-bond donors (Lipinski definition) is 1. The Bertz CT molecular complexity index is 873. The molecule has 0 saturated carbocycles. The lowest BCUT2D eigenvalue weighted by Crippen LogP contribution is -2.33. The van der Waals surface area contributed by atoms with Crippen molar-refractivity contribution >= 4 is 11.8 Å². The van der Waals surface area contributed by atoms with Gasteiger partial charge in [-0.1, -0.05) is 24.3 Å². The van der Waals surface area contributed by atoms with Crippen LogP contribution in [0.3, 0.4) is 0 Å². The molecule has 28 heavy (non-hydrogen) atoms. The Hall–Kier alpha value is -2.86. The van der Waals surface area contributed by atoms with E-state index in [1.807, 2.05) is 36.4 Å². The van der Waals surface area contributed by atoms with Crippen LogP contribution in [-0.4, -0.2) is 43.1 Å².